The van der Waals surface area contributed by atoms with Crippen molar-refractivity contribution in [2.45, 2.75) is 62.6 Å². The molecule has 0 bridgehead atoms. The van der Waals surface area contributed by atoms with Crippen LogP contribution in [0, 0.1) is 17.5 Å². The van der Waals surface area contributed by atoms with Gasteiger partial charge in [0, 0.05) is 30.9 Å². The van der Waals surface area contributed by atoms with Gasteiger partial charge in [-0.2, -0.15) is 0 Å². The monoisotopic (exact) mass is 551 g/mol. The van der Waals surface area contributed by atoms with E-state index in [9.17, 15) is 28.2 Å². The molecule has 2 saturated heterocycles. The number of hydrogen-bond donors (Lipinski definition) is 3. The summed E-state index contributed by atoms with van der Waals surface area (Å²) in [6.07, 6.45) is -1.27. The highest BCUT2D eigenvalue weighted by molar-refractivity contribution is 5.66. The minimum Gasteiger partial charge on any atom is -0.457 e. The average molecular weight is 552 g/mol. The Labute approximate surface area is 220 Å². The third kappa shape index (κ3) is 5.69. The average Bonchev–Trinajstić information content (AvgIpc) is 3.59. The molecule has 0 spiro atoms. The van der Waals surface area contributed by atoms with Gasteiger partial charge in [0.1, 0.15) is 35.8 Å². The molecule has 0 amide bonds. The van der Waals surface area contributed by atoms with Crippen LogP contribution >= 0.6 is 0 Å². The van der Waals surface area contributed by atoms with Gasteiger partial charge >= 0.3 is 5.97 Å². The second kappa shape index (κ2) is 11.4. The molecule has 3 aromatic rings. The van der Waals surface area contributed by atoms with Crippen molar-refractivity contribution in [1.29, 1.82) is 0 Å². The molecule has 3 N–H and O–H groups in total. The number of rotatable bonds is 7. The molecule has 39 heavy (non-hydrogen) atoms. The number of nitrogens with zero attached hydrogens (tertiary/aromatic N) is 4. The molecule has 5 atom stereocenters. The van der Waals surface area contributed by atoms with E-state index < -0.39 is 60.5 Å². The summed E-state index contributed by atoms with van der Waals surface area (Å²) in [4.78, 5) is 12.1. The molecule has 0 saturated carbocycles. The number of ether oxygens (including phenoxy) is 2. The summed E-state index contributed by atoms with van der Waals surface area (Å²) in [6.45, 7) is 2.38. The van der Waals surface area contributed by atoms with Crippen molar-refractivity contribution in [2.75, 3.05) is 19.7 Å². The van der Waals surface area contributed by atoms with Crippen molar-refractivity contribution in [1.82, 2.24) is 25.5 Å². The summed E-state index contributed by atoms with van der Waals surface area (Å²) in [7, 11) is 0. The standard InChI is InChI=1S/C25H28F3N5O6/c1-12(35)37-25-20(9-15-8-19(39-31-15)13-2-4-29-5-3-13)38-21(11-34)24(36)23(25)33-10-18(30-32-33)14-6-16(26)22(28)17(27)7-14/h6-8,10,13,20-21,23-25,29,34,36H,2-5,9,11H2,1H3/t20-,21-,23+,24+,25+/m1/s1. The van der Waals surface area contributed by atoms with Crippen LogP contribution in [-0.4, -0.2) is 80.4 Å². The summed E-state index contributed by atoms with van der Waals surface area (Å²) < 4.78 is 59.3. The minimum absolute atomic E-state index is 0.0201. The van der Waals surface area contributed by atoms with Crippen LogP contribution in [0.5, 0.6) is 0 Å². The Morgan fingerprint density at radius 1 is 1.18 bits per heavy atom. The zero-order valence-corrected chi connectivity index (χ0v) is 21.0. The van der Waals surface area contributed by atoms with Gasteiger partial charge in [0.05, 0.1) is 18.5 Å². The minimum atomic E-state index is -1.62. The van der Waals surface area contributed by atoms with E-state index >= 15 is 0 Å². The van der Waals surface area contributed by atoms with Crippen LogP contribution in [0.3, 0.4) is 0 Å². The first-order valence-electron chi connectivity index (χ1n) is 12.6. The highest BCUT2D eigenvalue weighted by atomic mass is 19.2. The molecular weight excluding hydrogens is 523 g/mol. The molecule has 0 unspecified atom stereocenters. The number of aliphatic hydroxyl groups is 2. The van der Waals surface area contributed by atoms with E-state index in [1.165, 1.54) is 17.8 Å². The third-order valence-corrected chi connectivity index (χ3v) is 7.09. The summed E-state index contributed by atoms with van der Waals surface area (Å²) in [5.74, 6) is -4.13. The third-order valence-electron chi connectivity index (χ3n) is 7.09. The molecule has 2 fully saturated rings. The van der Waals surface area contributed by atoms with Crippen molar-refractivity contribution in [3.63, 3.8) is 0 Å². The number of aliphatic hydroxyl groups excluding tert-OH is 2. The quantitative estimate of drug-likeness (QED) is 0.293. The Morgan fingerprint density at radius 2 is 1.90 bits per heavy atom. The van der Waals surface area contributed by atoms with Crippen molar-refractivity contribution in [2.24, 2.45) is 0 Å². The van der Waals surface area contributed by atoms with Crippen molar-refractivity contribution >= 4 is 5.97 Å². The number of benzene rings is 1. The predicted molar refractivity (Wildman–Crippen MR) is 127 cm³/mol. The Kier molecular flexibility index (Phi) is 7.98. The van der Waals surface area contributed by atoms with Crippen molar-refractivity contribution in [3.8, 4) is 11.3 Å². The summed E-state index contributed by atoms with van der Waals surface area (Å²) in [6, 6.07) is 2.25. The lowest BCUT2D eigenvalue weighted by atomic mass is 9.89. The first-order chi connectivity index (χ1) is 18.7. The van der Waals surface area contributed by atoms with Gasteiger partial charge in [0.15, 0.2) is 23.6 Å². The van der Waals surface area contributed by atoms with E-state index in [2.05, 4.69) is 20.8 Å². The second-order valence-corrected chi connectivity index (χ2v) is 9.74. The maximum atomic E-state index is 13.8. The first kappa shape index (κ1) is 27.2. The first-order valence-corrected chi connectivity index (χ1v) is 12.6. The Morgan fingerprint density at radius 3 is 2.56 bits per heavy atom. The van der Waals surface area contributed by atoms with Crippen LogP contribution in [0.4, 0.5) is 13.2 Å². The van der Waals surface area contributed by atoms with Gasteiger partial charge in [-0.25, -0.2) is 17.9 Å². The van der Waals surface area contributed by atoms with Crippen LogP contribution < -0.4 is 5.32 Å². The summed E-state index contributed by atoms with van der Waals surface area (Å²) in [5, 5.41) is 36.3. The molecule has 0 aliphatic carbocycles. The Bertz CT molecular complexity index is 1290. The van der Waals surface area contributed by atoms with E-state index in [1.807, 2.05) is 6.07 Å². The second-order valence-electron chi connectivity index (χ2n) is 9.74. The van der Waals surface area contributed by atoms with Gasteiger partial charge < -0.3 is 29.5 Å². The molecular formula is C25H28F3N5O6. The molecule has 4 heterocycles. The molecule has 1 aromatic carbocycles. The molecule has 2 aromatic heterocycles. The Balaban J connectivity index is 1.44. The number of esters is 1. The van der Waals surface area contributed by atoms with Gasteiger partial charge in [-0.1, -0.05) is 10.4 Å². The van der Waals surface area contributed by atoms with E-state index in [-0.39, 0.29) is 23.6 Å². The maximum absolute atomic E-state index is 13.8. The van der Waals surface area contributed by atoms with E-state index in [0.717, 1.165) is 43.8 Å². The molecule has 5 rings (SSSR count). The van der Waals surface area contributed by atoms with Crippen molar-refractivity contribution in [3.05, 3.63) is 53.3 Å². The van der Waals surface area contributed by atoms with Gasteiger partial charge in [-0.05, 0) is 38.1 Å². The van der Waals surface area contributed by atoms with Gasteiger partial charge in [0.2, 0.25) is 0 Å². The number of aromatic nitrogens is 4. The predicted octanol–water partition coefficient (Wildman–Crippen LogP) is 1.65. The smallest absolute Gasteiger partial charge is 0.303 e. The lowest BCUT2D eigenvalue weighted by Crippen LogP contribution is -2.57. The van der Waals surface area contributed by atoms with E-state index in [4.69, 9.17) is 14.0 Å². The highest BCUT2D eigenvalue weighted by Gasteiger charge is 2.49. The van der Waals surface area contributed by atoms with Gasteiger partial charge in [0.25, 0.3) is 0 Å². The number of nitrogens with one attached hydrogen (secondary N) is 1. The van der Waals surface area contributed by atoms with Crippen LogP contribution in [-0.2, 0) is 20.7 Å². The zero-order chi connectivity index (χ0) is 27.7. The summed E-state index contributed by atoms with van der Waals surface area (Å²) in [5.41, 5.74) is 0.425. The zero-order valence-electron chi connectivity index (χ0n) is 21.0. The van der Waals surface area contributed by atoms with Crippen LogP contribution in [0.2, 0.25) is 0 Å². The van der Waals surface area contributed by atoms with Crippen LogP contribution in [0.1, 0.15) is 43.2 Å². The fourth-order valence-corrected chi connectivity index (χ4v) is 5.16. The maximum Gasteiger partial charge on any atom is 0.303 e. The molecule has 14 heteroatoms. The number of hydrogen-bond acceptors (Lipinski definition) is 10. The topological polar surface area (TPSA) is 145 Å². The highest BCUT2D eigenvalue weighted by Crippen LogP contribution is 2.35. The van der Waals surface area contributed by atoms with Crippen LogP contribution in [0.15, 0.2) is 28.9 Å². The number of halogens is 3. The number of carbonyl (C=O) groups excluding carboxylic acids is 1. The largest absolute Gasteiger partial charge is 0.457 e. The lowest BCUT2D eigenvalue weighted by Gasteiger charge is -2.43. The molecule has 0 radical (unpaired) electrons. The SMILES string of the molecule is CC(=O)O[C@@H]1[C@@H](n2cc(-c3cc(F)c(F)c(F)c3)nn2)[C@@H](O)[C@@H](CO)O[C@@H]1Cc1cc(C2CCNCC2)on1. The molecule has 11 nitrogen and oxygen atoms in total. The van der Waals surface area contributed by atoms with E-state index in [0.29, 0.717) is 5.69 Å². The fraction of sp³-hybridized carbons (Fsp3) is 0.520. The van der Waals surface area contributed by atoms with E-state index in [1.54, 1.807) is 0 Å². The fourth-order valence-electron chi connectivity index (χ4n) is 5.16. The molecule has 210 valence electrons. The van der Waals surface area contributed by atoms with Crippen molar-refractivity contribution < 1.29 is 42.2 Å². The normalized spacial score (nSPS) is 26.1. The molecule has 2 aliphatic heterocycles. The van der Waals surface area contributed by atoms with Gasteiger partial charge in [-0.3, -0.25) is 4.79 Å². The van der Waals surface area contributed by atoms with Crippen LogP contribution in [0.25, 0.3) is 11.3 Å². The number of piperidine rings is 1. The van der Waals surface area contributed by atoms with Gasteiger partial charge in [-0.15, -0.1) is 5.10 Å². The Hall–Kier alpha value is -3.33. The molecule has 2 aliphatic rings. The summed E-state index contributed by atoms with van der Waals surface area (Å²) >= 11 is 0. The lowest BCUT2D eigenvalue weighted by molar-refractivity contribution is -0.217. The number of carbonyl (C=O) groups is 1.